The van der Waals surface area contributed by atoms with Crippen LogP contribution in [0.3, 0.4) is 0 Å². The lowest BCUT2D eigenvalue weighted by atomic mass is 9.99. The molecule has 0 amide bonds. The molecule has 0 aliphatic rings. The molecule has 2 aromatic heterocycles. The van der Waals surface area contributed by atoms with Gasteiger partial charge in [0, 0.05) is 33.8 Å². The van der Waals surface area contributed by atoms with E-state index in [0.717, 1.165) is 48.3 Å². The zero-order chi connectivity index (χ0) is 23.3. The van der Waals surface area contributed by atoms with Crippen LogP contribution in [0.4, 0.5) is 0 Å². The second kappa shape index (κ2) is 9.96. The Balaban J connectivity index is 1.57. The fourth-order valence-corrected chi connectivity index (χ4v) is 4.62. The lowest BCUT2D eigenvalue weighted by Gasteiger charge is -2.07. The molecule has 170 valence electrons. The molecule has 0 atom stereocenters. The van der Waals surface area contributed by atoms with Gasteiger partial charge >= 0.3 is 0 Å². The first kappa shape index (κ1) is 22.0. The van der Waals surface area contributed by atoms with Crippen molar-refractivity contribution in [1.82, 2.24) is 15.0 Å². The van der Waals surface area contributed by atoms with Crippen molar-refractivity contribution in [2.75, 3.05) is 0 Å². The second-order valence-electron chi connectivity index (χ2n) is 8.80. The van der Waals surface area contributed by atoms with Gasteiger partial charge in [-0.1, -0.05) is 106 Å². The minimum atomic E-state index is 0.934. The number of nitrogens with one attached hydrogen (secondary N) is 2. The fraction of sp³-hybridized carbons (Fsp3) is 0.194. The molecule has 5 rings (SSSR count). The van der Waals surface area contributed by atoms with Crippen molar-refractivity contribution in [3.8, 4) is 45.0 Å². The number of imidazole rings is 1. The van der Waals surface area contributed by atoms with Crippen molar-refractivity contribution in [3.05, 3.63) is 102 Å². The lowest BCUT2D eigenvalue weighted by Crippen LogP contribution is -1.90. The normalized spacial score (nSPS) is 11.1. The van der Waals surface area contributed by atoms with Gasteiger partial charge in [0.2, 0.25) is 0 Å². The van der Waals surface area contributed by atoms with Crippen LogP contribution in [0.5, 0.6) is 0 Å². The summed E-state index contributed by atoms with van der Waals surface area (Å²) in [5, 5.41) is 0. The molecule has 34 heavy (non-hydrogen) atoms. The number of hydrogen-bond acceptors (Lipinski definition) is 1. The van der Waals surface area contributed by atoms with Crippen LogP contribution in [0.15, 0.2) is 91.0 Å². The quantitative estimate of drug-likeness (QED) is 0.248. The zero-order valence-corrected chi connectivity index (χ0v) is 19.9. The van der Waals surface area contributed by atoms with Gasteiger partial charge in [-0.05, 0) is 36.1 Å². The summed E-state index contributed by atoms with van der Waals surface area (Å²) in [7, 11) is 0. The topological polar surface area (TPSA) is 44.5 Å². The van der Waals surface area contributed by atoms with Crippen LogP contribution in [0.1, 0.15) is 38.1 Å². The summed E-state index contributed by atoms with van der Waals surface area (Å²) < 4.78 is 0. The maximum Gasteiger partial charge on any atom is 0.138 e. The smallest absolute Gasteiger partial charge is 0.138 e. The SMILES string of the molecule is CCCc1[nH]c(-c2ccccc2)cc1-c1cccc(-c2nc(-c3ccccc3)[nH]c2CCC)c1. The molecular weight excluding hydrogens is 414 g/mol. The minimum Gasteiger partial charge on any atom is -0.358 e. The average Bonchev–Trinajstić information content (AvgIpc) is 3.51. The Kier molecular flexibility index (Phi) is 6.44. The molecule has 0 aliphatic carbocycles. The number of aryl methyl sites for hydroxylation is 2. The number of aromatic nitrogens is 3. The number of aromatic amines is 2. The van der Waals surface area contributed by atoms with E-state index < -0.39 is 0 Å². The first-order valence-electron chi connectivity index (χ1n) is 12.3. The lowest BCUT2D eigenvalue weighted by molar-refractivity contribution is 0.894. The first-order chi connectivity index (χ1) is 16.8. The highest BCUT2D eigenvalue weighted by Crippen LogP contribution is 2.34. The van der Waals surface area contributed by atoms with Gasteiger partial charge < -0.3 is 9.97 Å². The monoisotopic (exact) mass is 445 g/mol. The van der Waals surface area contributed by atoms with Crippen molar-refractivity contribution in [2.45, 2.75) is 39.5 Å². The van der Waals surface area contributed by atoms with Crippen LogP contribution in [0, 0.1) is 0 Å². The highest BCUT2D eigenvalue weighted by molar-refractivity contribution is 5.78. The Morgan fingerprint density at radius 2 is 1.21 bits per heavy atom. The van der Waals surface area contributed by atoms with Crippen LogP contribution in [-0.4, -0.2) is 15.0 Å². The van der Waals surface area contributed by atoms with Gasteiger partial charge in [0.15, 0.2) is 0 Å². The van der Waals surface area contributed by atoms with Gasteiger partial charge in [-0.2, -0.15) is 0 Å². The molecule has 0 unspecified atom stereocenters. The molecule has 3 aromatic carbocycles. The molecule has 3 heteroatoms. The highest BCUT2D eigenvalue weighted by Gasteiger charge is 2.16. The van der Waals surface area contributed by atoms with E-state index in [1.807, 2.05) is 6.07 Å². The molecule has 2 heterocycles. The average molecular weight is 446 g/mol. The third-order valence-corrected chi connectivity index (χ3v) is 6.26. The van der Waals surface area contributed by atoms with E-state index >= 15 is 0 Å². The Morgan fingerprint density at radius 1 is 0.588 bits per heavy atom. The maximum absolute atomic E-state index is 5.05. The Labute approximate surface area is 201 Å². The number of H-pyrrole nitrogens is 2. The summed E-state index contributed by atoms with van der Waals surface area (Å²) >= 11 is 0. The van der Waals surface area contributed by atoms with Gasteiger partial charge in [0.05, 0.1) is 5.69 Å². The molecule has 0 radical (unpaired) electrons. The van der Waals surface area contributed by atoms with E-state index in [1.54, 1.807) is 0 Å². The molecule has 3 nitrogen and oxygen atoms in total. The van der Waals surface area contributed by atoms with Gasteiger partial charge in [0.25, 0.3) is 0 Å². The first-order valence-corrected chi connectivity index (χ1v) is 12.3. The van der Waals surface area contributed by atoms with Gasteiger partial charge in [-0.25, -0.2) is 4.98 Å². The molecule has 0 fully saturated rings. The van der Waals surface area contributed by atoms with E-state index in [1.165, 1.54) is 33.8 Å². The largest absolute Gasteiger partial charge is 0.358 e. The molecule has 0 saturated carbocycles. The van der Waals surface area contributed by atoms with Crippen LogP contribution >= 0.6 is 0 Å². The van der Waals surface area contributed by atoms with Crippen molar-refractivity contribution in [2.24, 2.45) is 0 Å². The van der Waals surface area contributed by atoms with E-state index in [4.69, 9.17) is 4.98 Å². The van der Waals surface area contributed by atoms with Gasteiger partial charge in [-0.15, -0.1) is 0 Å². The summed E-state index contributed by atoms with van der Waals surface area (Å²) in [6, 6.07) is 32.1. The Hall–Kier alpha value is -3.85. The van der Waals surface area contributed by atoms with Crippen molar-refractivity contribution in [3.63, 3.8) is 0 Å². The van der Waals surface area contributed by atoms with Crippen molar-refractivity contribution < 1.29 is 0 Å². The summed E-state index contributed by atoms with van der Waals surface area (Å²) in [5.74, 6) is 0.934. The predicted octanol–water partition coefficient (Wildman–Crippen LogP) is 8.31. The number of hydrogen-bond donors (Lipinski definition) is 2. The van der Waals surface area contributed by atoms with Crippen LogP contribution in [-0.2, 0) is 12.8 Å². The zero-order valence-electron chi connectivity index (χ0n) is 19.9. The molecule has 0 spiro atoms. The molecular formula is C31H31N3. The summed E-state index contributed by atoms with van der Waals surface area (Å²) in [6.45, 7) is 4.44. The van der Waals surface area contributed by atoms with E-state index in [-0.39, 0.29) is 0 Å². The highest BCUT2D eigenvalue weighted by atomic mass is 14.9. The van der Waals surface area contributed by atoms with Crippen molar-refractivity contribution >= 4 is 0 Å². The Morgan fingerprint density at radius 3 is 1.91 bits per heavy atom. The summed E-state index contributed by atoms with van der Waals surface area (Å²) in [5.41, 5.74) is 10.7. The number of nitrogens with zero attached hydrogens (tertiary/aromatic N) is 1. The number of rotatable bonds is 8. The summed E-state index contributed by atoms with van der Waals surface area (Å²) in [4.78, 5) is 12.3. The molecule has 0 aliphatic heterocycles. The van der Waals surface area contributed by atoms with Crippen LogP contribution < -0.4 is 0 Å². The minimum absolute atomic E-state index is 0.934. The van der Waals surface area contributed by atoms with E-state index in [9.17, 15) is 0 Å². The van der Waals surface area contributed by atoms with Gasteiger partial charge in [-0.3, -0.25) is 0 Å². The third kappa shape index (κ3) is 4.47. The molecule has 0 saturated heterocycles. The fourth-order valence-electron chi connectivity index (χ4n) is 4.62. The summed E-state index contributed by atoms with van der Waals surface area (Å²) in [6.07, 6.45) is 4.17. The van der Waals surface area contributed by atoms with E-state index in [0.29, 0.717) is 0 Å². The van der Waals surface area contributed by atoms with Crippen LogP contribution in [0.25, 0.3) is 45.0 Å². The standard InChI is InChI=1S/C31H31N3/c1-3-12-27-26(21-29(32-27)22-14-7-5-8-15-22)24-18-11-19-25(20-24)30-28(13-4-2)33-31(34-30)23-16-9-6-10-17-23/h5-11,14-21,32H,3-4,12-13H2,1-2H3,(H,33,34). The van der Waals surface area contributed by atoms with Crippen LogP contribution in [0.2, 0.25) is 0 Å². The van der Waals surface area contributed by atoms with E-state index in [2.05, 4.69) is 109 Å². The second-order valence-corrected chi connectivity index (χ2v) is 8.80. The van der Waals surface area contributed by atoms with Gasteiger partial charge in [0.1, 0.15) is 5.82 Å². The number of benzene rings is 3. The van der Waals surface area contributed by atoms with Crippen molar-refractivity contribution in [1.29, 1.82) is 0 Å². The molecule has 5 aromatic rings. The predicted molar refractivity (Wildman–Crippen MR) is 143 cm³/mol. The Bertz CT molecular complexity index is 1260. The molecule has 0 bridgehead atoms. The third-order valence-electron chi connectivity index (χ3n) is 6.26. The molecule has 2 N–H and O–H groups in total. The maximum atomic E-state index is 5.05.